The molecule has 0 unspecified atom stereocenters. The summed E-state index contributed by atoms with van der Waals surface area (Å²) in [6.45, 7) is 3.81. The van der Waals surface area contributed by atoms with Crippen LogP contribution in [0.15, 0.2) is 0 Å². The minimum atomic E-state index is -4.79. The van der Waals surface area contributed by atoms with Gasteiger partial charge in [-0.25, -0.2) is 0 Å². The van der Waals surface area contributed by atoms with Gasteiger partial charge >= 0.3 is 12.1 Å². The van der Waals surface area contributed by atoms with Crippen LogP contribution in [0.2, 0.25) is 0 Å². The summed E-state index contributed by atoms with van der Waals surface area (Å²) >= 11 is 0. The van der Waals surface area contributed by atoms with Crippen molar-refractivity contribution in [3.8, 4) is 0 Å². The van der Waals surface area contributed by atoms with E-state index in [9.17, 15) is 18.0 Å². The highest BCUT2D eigenvalue weighted by atomic mass is 19.4. The summed E-state index contributed by atoms with van der Waals surface area (Å²) in [6, 6.07) is 0. The zero-order valence-corrected chi connectivity index (χ0v) is 8.73. The molecule has 6 heteroatoms. The van der Waals surface area contributed by atoms with Crippen molar-refractivity contribution < 1.29 is 22.7 Å². The van der Waals surface area contributed by atoms with Gasteiger partial charge in [0.05, 0.1) is 5.60 Å². The second kappa shape index (κ2) is 4.00. The van der Waals surface area contributed by atoms with Gasteiger partial charge in [0.1, 0.15) is 0 Å². The number of amides is 1. The molecule has 0 bridgehead atoms. The fraction of sp³-hybridized carbons (Fsp3) is 0.889. The monoisotopic (exact) mass is 225 g/mol. The second-order valence-corrected chi connectivity index (χ2v) is 4.19. The zero-order valence-electron chi connectivity index (χ0n) is 8.73. The lowest BCUT2D eigenvalue weighted by molar-refractivity contribution is -0.187. The van der Waals surface area contributed by atoms with E-state index in [2.05, 4.69) is 0 Å². The molecule has 1 aliphatic rings. The van der Waals surface area contributed by atoms with Crippen molar-refractivity contribution in [1.82, 2.24) is 4.90 Å². The molecule has 1 rings (SSSR count). The molecule has 0 aliphatic carbocycles. The first kappa shape index (κ1) is 12.3. The van der Waals surface area contributed by atoms with E-state index in [1.165, 1.54) is 0 Å². The molecule has 1 heterocycles. The fourth-order valence-electron chi connectivity index (χ4n) is 1.54. The summed E-state index contributed by atoms with van der Waals surface area (Å²) in [4.78, 5) is 11.8. The van der Waals surface area contributed by atoms with Crippen LogP contribution < -0.4 is 0 Å². The zero-order chi connectivity index (χ0) is 11.7. The Morgan fingerprint density at radius 2 is 2.00 bits per heavy atom. The lowest BCUT2D eigenvalue weighted by Gasteiger charge is -2.29. The highest BCUT2D eigenvalue weighted by Crippen LogP contribution is 2.23. The van der Waals surface area contributed by atoms with E-state index in [0.717, 1.165) is 4.90 Å². The van der Waals surface area contributed by atoms with E-state index < -0.39 is 17.7 Å². The number of ether oxygens (including phenoxy) is 1. The summed E-state index contributed by atoms with van der Waals surface area (Å²) < 4.78 is 41.9. The van der Waals surface area contributed by atoms with E-state index in [1.54, 1.807) is 13.8 Å². The number of rotatable bonds is 0. The van der Waals surface area contributed by atoms with Crippen molar-refractivity contribution in [1.29, 1.82) is 0 Å². The number of carbonyl (C=O) groups excluding carboxylic acids is 1. The van der Waals surface area contributed by atoms with E-state index in [4.69, 9.17) is 4.74 Å². The van der Waals surface area contributed by atoms with Crippen LogP contribution in [-0.4, -0.2) is 42.3 Å². The van der Waals surface area contributed by atoms with Crippen molar-refractivity contribution in [2.75, 3.05) is 19.7 Å². The molecule has 0 saturated carbocycles. The number of nitrogens with zero attached hydrogens (tertiary/aromatic N) is 1. The van der Waals surface area contributed by atoms with Gasteiger partial charge in [0.15, 0.2) is 0 Å². The molecule has 0 aromatic carbocycles. The molecule has 0 aromatic rings. The minimum absolute atomic E-state index is 0.0225. The Balaban J connectivity index is 2.73. The average Bonchev–Trinajstić information content (AvgIpc) is 2.23. The molecule has 1 aliphatic heterocycles. The number of carbonyl (C=O) groups is 1. The van der Waals surface area contributed by atoms with Crippen molar-refractivity contribution in [3.63, 3.8) is 0 Å². The lowest BCUT2D eigenvalue weighted by Crippen LogP contribution is -2.47. The normalized spacial score (nSPS) is 22.3. The van der Waals surface area contributed by atoms with Crippen LogP contribution in [0.3, 0.4) is 0 Å². The van der Waals surface area contributed by atoms with Crippen LogP contribution in [0.1, 0.15) is 20.3 Å². The van der Waals surface area contributed by atoms with Gasteiger partial charge in [-0.1, -0.05) is 0 Å². The molecular weight excluding hydrogens is 211 g/mol. The second-order valence-electron chi connectivity index (χ2n) is 4.19. The van der Waals surface area contributed by atoms with Crippen molar-refractivity contribution >= 4 is 5.91 Å². The first-order valence-electron chi connectivity index (χ1n) is 4.72. The Hall–Kier alpha value is -0.780. The number of halogens is 3. The molecule has 0 N–H and O–H groups in total. The molecule has 0 spiro atoms. The van der Waals surface area contributed by atoms with Crippen molar-refractivity contribution in [3.05, 3.63) is 0 Å². The molecule has 15 heavy (non-hydrogen) atoms. The summed E-state index contributed by atoms with van der Waals surface area (Å²) in [5.41, 5.74) is -0.711. The smallest absolute Gasteiger partial charge is 0.374 e. The Morgan fingerprint density at radius 1 is 1.40 bits per heavy atom. The predicted molar refractivity (Wildman–Crippen MR) is 47.3 cm³/mol. The standard InChI is InChI=1S/C9H14F3NO2/c1-8(2)6-13(4-3-5-15-8)7(14)9(10,11)12/h3-6H2,1-2H3. The summed E-state index contributed by atoms with van der Waals surface area (Å²) in [7, 11) is 0. The molecular formula is C9H14F3NO2. The van der Waals surface area contributed by atoms with Crippen molar-refractivity contribution in [2.24, 2.45) is 0 Å². The Bertz CT molecular complexity index is 250. The third-order valence-corrected chi connectivity index (χ3v) is 2.17. The van der Waals surface area contributed by atoms with Crippen LogP contribution in [-0.2, 0) is 9.53 Å². The van der Waals surface area contributed by atoms with E-state index in [-0.39, 0.29) is 13.1 Å². The first-order chi connectivity index (χ1) is 6.72. The number of alkyl halides is 3. The highest BCUT2D eigenvalue weighted by molar-refractivity contribution is 5.81. The van der Waals surface area contributed by atoms with Crippen LogP contribution in [0.25, 0.3) is 0 Å². The fourth-order valence-corrected chi connectivity index (χ4v) is 1.54. The topological polar surface area (TPSA) is 29.5 Å². The number of hydrogen-bond acceptors (Lipinski definition) is 2. The molecule has 0 atom stereocenters. The van der Waals surface area contributed by atoms with Gasteiger partial charge in [0.2, 0.25) is 0 Å². The predicted octanol–water partition coefficient (Wildman–Crippen LogP) is 1.58. The molecule has 3 nitrogen and oxygen atoms in total. The van der Waals surface area contributed by atoms with Gasteiger partial charge in [-0.3, -0.25) is 4.79 Å². The van der Waals surface area contributed by atoms with Gasteiger partial charge in [-0.2, -0.15) is 13.2 Å². The Morgan fingerprint density at radius 3 is 2.53 bits per heavy atom. The molecule has 88 valence electrons. The quantitative estimate of drug-likeness (QED) is 0.626. The van der Waals surface area contributed by atoms with E-state index in [1.807, 2.05) is 0 Å². The van der Waals surface area contributed by atoms with Gasteiger partial charge in [-0.15, -0.1) is 0 Å². The maximum Gasteiger partial charge on any atom is 0.471 e. The van der Waals surface area contributed by atoms with Crippen LogP contribution >= 0.6 is 0 Å². The molecule has 1 fully saturated rings. The lowest BCUT2D eigenvalue weighted by atomic mass is 10.1. The SMILES string of the molecule is CC1(C)CN(C(=O)C(F)(F)F)CCCO1. The summed E-state index contributed by atoms with van der Waals surface area (Å²) in [5, 5.41) is 0. The first-order valence-corrected chi connectivity index (χ1v) is 4.72. The summed E-state index contributed by atoms with van der Waals surface area (Å²) in [6.07, 6.45) is -4.36. The van der Waals surface area contributed by atoms with Gasteiger partial charge in [0.25, 0.3) is 0 Å². The van der Waals surface area contributed by atoms with Crippen LogP contribution in [0.4, 0.5) is 13.2 Å². The maximum absolute atomic E-state index is 12.2. The summed E-state index contributed by atoms with van der Waals surface area (Å²) in [5.74, 6) is -1.78. The van der Waals surface area contributed by atoms with Gasteiger partial charge in [-0.05, 0) is 20.3 Å². The van der Waals surface area contributed by atoms with Gasteiger partial charge in [0, 0.05) is 19.7 Å². The Kier molecular flexibility index (Phi) is 3.28. The molecule has 1 saturated heterocycles. The van der Waals surface area contributed by atoms with E-state index >= 15 is 0 Å². The maximum atomic E-state index is 12.2. The molecule has 0 radical (unpaired) electrons. The van der Waals surface area contributed by atoms with Crippen molar-refractivity contribution in [2.45, 2.75) is 32.0 Å². The van der Waals surface area contributed by atoms with E-state index in [0.29, 0.717) is 13.0 Å². The van der Waals surface area contributed by atoms with Gasteiger partial charge < -0.3 is 9.64 Å². The molecule has 1 amide bonds. The third-order valence-electron chi connectivity index (χ3n) is 2.17. The minimum Gasteiger partial charge on any atom is -0.374 e. The third kappa shape index (κ3) is 3.37. The average molecular weight is 225 g/mol. The number of hydrogen-bond donors (Lipinski definition) is 0. The molecule has 0 aromatic heterocycles. The van der Waals surface area contributed by atoms with Crippen LogP contribution in [0.5, 0.6) is 0 Å². The Labute approximate surface area is 86.2 Å². The largest absolute Gasteiger partial charge is 0.471 e. The highest BCUT2D eigenvalue weighted by Gasteiger charge is 2.44. The van der Waals surface area contributed by atoms with Crippen LogP contribution in [0, 0.1) is 0 Å².